The number of benzene rings is 2. The van der Waals surface area contributed by atoms with Crippen LogP contribution in [-0.2, 0) is 27.0 Å². The summed E-state index contributed by atoms with van der Waals surface area (Å²) in [5, 5.41) is 1.22. The summed E-state index contributed by atoms with van der Waals surface area (Å²) in [6.07, 6.45) is 0. The summed E-state index contributed by atoms with van der Waals surface area (Å²) in [5.74, 6) is 0. The third-order valence-corrected chi connectivity index (χ3v) is 2.82. The third-order valence-electron chi connectivity index (χ3n) is 2.82. The van der Waals surface area contributed by atoms with Crippen LogP contribution < -0.4 is 11.0 Å². The van der Waals surface area contributed by atoms with Crippen molar-refractivity contribution in [2.75, 3.05) is 0 Å². The third kappa shape index (κ3) is 3.16. The van der Waals surface area contributed by atoms with Crippen LogP contribution in [0, 0.1) is 6.07 Å². The standard InChI is InChI=1S/C16H11NO2.Pd/c18-16-14(17-11-12-6-2-1-3-7-12)10-13-8-4-5-9-15(13)19-16;/h1-6,8-10H,11H2;/q-2;+2. The van der Waals surface area contributed by atoms with Crippen LogP contribution in [0.5, 0.6) is 0 Å². The Hall–Kier alpha value is -1.89. The average molecular weight is 356 g/mol. The van der Waals surface area contributed by atoms with Crippen molar-refractivity contribution in [2.45, 2.75) is 6.54 Å². The molecule has 1 heterocycles. The van der Waals surface area contributed by atoms with Gasteiger partial charge in [0.2, 0.25) is 0 Å². The Morgan fingerprint density at radius 2 is 1.95 bits per heavy atom. The number of para-hydroxylation sites is 1. The van der Waals surface area contributed by atoms with Gasteiger partial charge < -0.3 is 9.21 Å². The van der Waals surface area contributed by atoms with Gasteiger partial charge in [-0.15, -0.1) is 29.1 Å². The van der Waals surface area contributed by atoms with Crippen molar-refractivity contribution < 1.29 is 24.8 Å². The van der Waals surface area contributed by atoms with E-state index in [0.717, 1.165) is 10.9 Å². The fraction of sp³-hybridized carbons (Fsp3) is 0.0625. The van der Waals surface area contributed by atoms with Crippen molar-refractivity contribution in [1.82, 2.24) is 0 Å². The molecule has 3 rings (SSSR count). The number of nitrogens with zero attached hydrogens (tertiary/aromatic N) is 1. The Balaban J connectivity index is 0.00000147. The predicted octanol–water partition coefficient (Wildman–Crippen LogP) is 2.41. The molecule has 4 heteroatoms. The zero-order valence-corrected chi connectivity index (χ0v) is 12.0. The molecule has 0 amide bonds. The smallest absolute Gasteiger partial charge is 0.513 e. The molecule has 0 aliphatic carbocycles. The SMILES string of the molecule is O=c1oc2ccccc2[cH-]c1=NCc1[c-]cccc1.[Pd+2]. The summed E-state index contributed by atoms with van der Waals surface area (Å²) >= 11 is 0. The monoisotopic (exact) mass is 355 g/mol. The molecule has 3 nitrogen and oxygen atoms in total. The number of rotatable bonds is 2. The Morgan fingerprint density at radius 1 is 1.15 bits per heavy atom. The Morgan fingerprint density at radius 3 is 2.75 bits per heavy atom. The van der Waals surface area contributed by atoms with E-state index in [9.17, 15) is 4.79 Å². The van der Waals surface area contributed by atoms with Gasteiger partial charge in [-0.3, -0.25) is 4.99 Å². The number of hydrogen-bond donors (Lipinski definition) is 0. The molecule has 0 spiro atoms. The average Bonchev–Trinajstić information content (AvgIpc) is 2.46. The van der Waals surface area contributed by atoms with Gasteiger partial charge in [-0.1, -0.05) is 12.1 Å². The fourth-order valence-electron chi connectivity index (χ4n) is 1.86. The normalized spacial score (nSPS) is 11.3. The molecule has 0 unspecified atom stereocenters. The van der Waals surface area contributed by atoms with E-state index in [-0.39, 0.29) is 20.4 Å². The van der Waals surface area contributed by atoms with E-state index < -0.39 is 5.63 Å². The molecular weight excluding hydrogens is 345 g/mol. The minimum absolute atomic E-state index is 0. The molecule has 0 aliphatic rings. The number of fused-ring (bicyclic) bond motifs is 1. The van der Waals surface area contributed by atoms with Gasteiger partial charge in [0.1, 0.15) is 0 Å². The van der Waals surface area contributed by atoms with E-state index in [1.807, 2.05) is 42.5 Å². The molecule has 2 aromatic carbocycles. The number of hydrogen-bond acceptors (Lipinski definition) is 3. The zero-order valence-electron chi connectivity index (χ0n) is 10.5. The van der Waals surface area contributed by atoms with E-state index >= 15 is 0 Å². The maximum atomic E-state index is 11.8. The second-order valence-electron chi connectivity index (χ2n) is 4.16. The van der Waals surface area contributed by atoms with Crippen molar-refractivity contribution in [3.8, 4) is 0 Å². The van der Waals surface area contributed by atoms with E-state index in [1.54, 1.807) is 12.1 Å². The molecule has 3 aromatic rings. The van der Waals surface area contributed by atoms with Crippen LogP contribution in [0.1, 0.15) is 5.56 Å². The van der Waals surface area contributed by atoms with Crippen molar-refractivity contribution in [1.29, 1.82) is 0 Å². The van der Waals surface area contributed by atoms with Crippen LogP contribution in [0.4, 0.5) is 0 Å². The molecule has 0 N–H and O–H groups in total. The maximum Gasteiger partial charge on any atom is 2.00 e. The first-order chi connectivity index (χ1) is 9.33. The molecular formula is C16H11NO2Pd. The van der Waals surface area contributed by atoms with Gasteiger partial charge in [-0.2, -0.15) is 30.3 Å². The molecule has 0 bridgehead atoms. The summed E-state index contributed by atoms with van der Waals surface area (Å²) in [5.41, 5.74) is 1.11. The predicted molar refractivity (Wildman–Crippen MR) is 72.6 cm³/mol. The van der Waals surface area contributed by atoms with Crippen molar-refractivity contribution in [3.05, 3.63) is 82.0 Å². The molecule has 20 heavy (non-hydrogen) atoms. The molecule has 0 saturated carbocycles. The van der Waals surface area contributed by atoms with Crippen LogP contribution in [0.3, 0.4) is 0 Å². The molecule has 1 aromatic heterocycles. The van der Waals surface area contributed by atoms with E-state index in [1.165, 1.54) is 0 Å². The van der Waals surface area contributed by atoms with Gasteiger partial charge in [-0.25, -0.2) is 0 Å². The van der Waals surface area contributed by atoms with E-state index in [4.69, 9.17) is 4.42 Å². The van der Waals surface area contributed by atoms with Crippen LogP contribution in [-0.4, -0.2) is 0 Å². The minimum atomic E-state index is -0.408. The largest absolute Gasteiger partial charge is 2.00 e. The first kappa shape index (κ1) is 14.5. The first-order valence-corrected chi connectivity index (χ1v) is 5.99. The second kappa shape index (κ2) is 6.52. The van der Waals surface area contributed by atoms with Gasteiger partial charge in [0.25, 0.3) is 5.63 Å². The quantitative estimate of drug-likeness (QED) is 0.402. The first-order valence-electron chi connectivity index (χ1n) is 5.99. The van der Waals surface area contributed by atoms with Crippen molar-refractivity contribution in [2.24, 2.45) is 4.99 Å². The Bertz CT molecular complexity index is 819. The summed E-state index contributed by atoms with van der Waals surface area (Å²) in [6.45, 7) is 0.421. The van der Waals surface area contributed by atoms with Crippen molar-refractivity contribution in [3.63, 3.8) is 0 Å². The van der Waals surface area contributed by atoms with Crippen molar-refractivity contribution >= 4 is 11.0 Å². The maximum absolute atomic E-state index is 11.8. The zero-order chi connectivity index (χ0) is 13.1. The van der Waals surface area contributed by atoms with E-state index in [0.29, 0.717) is 17.5 Å². The molecule has 0 fully saturated rings. The summed E-state index contributed by atoms with van der Waals surface area (Å²) in [6, 6.07) is 19.8. The summed E-state index contributed by atoms with van der Waals surface area (Å²) < 4.78 is 5.22. The minimum Gasteiger partial charge on any atom is -0.513 e. The van der Waals surface area contributed by atoms with Gasteiger partial charge in [-0.05, 0) is 0 Å². The summed E-state index contributed by atoms with van der Waals surface area (Å²) in [4.78, 5) is 16.1. The van der Waals surface area contributed by atoms with Crippen LogP contribution in [0.25, 0.3) is 11.0 Å². The second-order valence-corrected chi connectivity index (χ2v) is 4.16. The van der Waals surface area contributed by atoms with Gasteiger partial charge in [0, 0.05) is 12.1 Å². The molecule has 0 radical (unpaired) electrons. The van der Waals surface area contributed by atoms with Gasteiger partial charge in [0.05, 0.1) is 5.36 Å². The fourth-order valence-corrected chi connectivity index (χ4v) is 1.86. The Kier molecular flexibility index (Phi) is 4.73. The molecule has 0 saturated heterocycles. The topological polar surface area (TPSA) is 42.6 Å². The Labute approximate surface area is 129 Å². The van der Waals surface area contributed by atoms with E-state index in [2.05, 4.69) is 11.1 Å². The van der Waals surface area contributed by atoms with Crippen LogP contribution in [0.15, 0.2) is 68.8 Å². The molecule has 102 valence electrons. The van der Waals surface area contributed by atoms with Gasteiger partial charge >= 0.3 is 20.4 Å². The molecule has 0 aliphatic heterocycles. The summed E-state index contributed by atoms with van der Waals surface area (Å²) in [7, 11) is 0. The van der Waals surface area contributed by atoms with Gasteiger partial charge in [0.15, 0.2) is 0 Å². The van der Waals surface area contributed by atoms with Crippen LogP contribution in [0.2, 0.25) is 0 Å². The molecule has 0 atom stereocenters. The van der Waals surface area contributed by atoms with Crippen LogP contribution >= 0.6 is 0 Å².